The van der Waals surface area contributed by atoms with Gasteiger partial charge >= 0.3 is 0 Å². The first-order chi connectivity index (χ1) is 18.2. The lowest BCUT2D eigenvalue weighted by Gasteiger charge is -2.34. The molecule has 1 aliphatic heterocycles. The SMILES string of the molecule is CC(C)COc1cc(F)cc(-c2ccc(C(=O)NS(=O)(=O)c3cccc(N)n3)c(N3C[C@H](C)CC3(C)C)n2)c1. The highest BCUT2D eigenvalue weighted by molar-refractivity contribution is 7.90. The van der Waals surface area contributed by atoms with Crippen LogP contribution in [0.15, 0.2) is 53.6 Å². The predicted octanol–water partition coefficient (Wildman–Crippen LogP) is 4.64. The maximum Gasteiger partial charge on any atom is 0.281 e. The third kappa shape index (κ3) is 6.47. The van der Waals surface area contributed by atoms with Gasteiger partial charge in [0.25, 0.3) is 15.9 Å². The van der Waals surface area contributed by atoms with Crippen LogP contribution in [0.2, 0.25) is 0 Å². The van der Waals surface area contributed by atoms with Gasteiger partial charge in [0.1, 0.15) is 23.2 Å². The fourth-order valence-corrected chi connectivity index (χ4v) is 5.76. The molecule has 1 aromatic carbocycles. The molecule has 0 radical (unpaired) electrons. The Morgan fingerprint density at radius 3 is 2.59 bits per heavy atom. The molecule has 3 heterocycles. The number of nitrogens with two attached hydrogens (primary N) is 1. The average Bonchev–Trinajstić information content (AvgIpc) is 3.13. The van der Waals surface area contributed by atoms with Gasteiger partial charge in [-0.2, -0.15) is 8.42 Å². The number of nitrogens with zero attached hydrogens (tertiary/aromatic N) is 3. The number of rotatable bonds is 8. The number of carbonyl (C=O) groups is 1. The number of carbonyl (C=O) groups excluding carboxylic acids is 1. The lowest BCUT2D eigenvalue weighted by atomic mass is 9.97. The van der Waals surface area contributed by atoms with Crippen LogP contribution in [0.25, 0.3) is 11.3 Å². The lowest BCUT2D eigenvalue weighted by Crippen LogP contribution is -2.41. The van der Waals surface area contributed by atoms with Crippen molar-refractivity contribution in [1.82, 2.24) is 14.7 Å². The van der Waals surface area contributed by atoms with E-state index in [4.69, 9.17) is 15.5 Å². The molecule has 0 saturated carbocycles. The van der Waals surface area contributed by atoms with Crippen molar-refractivity contribution in [2.24, 2.45) is 11.8 Å². The van der Waals surface area contributed by atoms with Crippen LogP contribution in [0.4, 0.5) is 16.0 Å². The van der Waals surface area contributed by atoms with Crippen molar-refractivity contribution in [1.29, 1.82) is 0 Å². The number of nitrogens with one attached hydrogen (secondary N) is 1. The molecule has 1 fully saturated rings. The quantitative estimate of drug-likeness (QED) is 0.411. The molecule has 39 heavy (non-hydrogen) atoms. The van der Waals surface area contributed by atoms with Gasteiger partial charge < -0.3 is 15.4 Å². The summed E-state index contributed by atoms with van der Waals surface area (Å²) in [6.07, 6.45) is 0.846. The van der Waals surface area contributed by atoms with Gasteiger partial charge in [-0.05, 0) is 68.5 Å². The monoisotopic (exact) mass is 555 g/mol. The number of amides is 1. The summed E-state index contributed by atoms with van der Waals surface area (Å²) in [4.78, 5) is 24.0. The van der Waals surface area contributed by atoms with Gasteiger partial charge in [-0.25, -0.2) is 19.1 Å². The minimum Gasteiger partial charge on any atom is -0.493 e. The summed E-state index contributed by atoms with van der Waals surface area (Å²) in [5.74, 6) is -0.0688. The number of halogens is 1. The molecule has 1 atom stereocenters. The zero-order chi connectivity index (χ0) is 28.5. The molecule has 0 aliphatic carbocycles. The molecule has 1 saturated heterocycles. The maximum atomic E-state index is 14.5. The average molecular weight is 556 g/mol. The van der Waals surface area contributed by atoms with Crippen molar-refractivity contribution in [2.45, 2.75) is 51.6 Å². The molecule has 1 aliphatic rings. The molecule has 3 aromatic rings. The Balaban J connectivity index is 1.76. The van der Waals surface area contributed by atoms with Gasteiger partial charge in [0.2, 0.25) is 0 Å². The van der Waals surface area contributed by atoms with Crippen LogP contribution >= 0.6 is 0 Å². The number of hydrogen-bond acceptors (Lipinski definition) is 8. The highest BCUT2D eigenvalue weighted by Gasteiger charge is 2.39. The van der Waals surface area contributed by atoms with Crippen molar-refractivity contribution >= 4 is 27.6 Å². The molecule has 11 heteroatoms. The van der Waals surface area contributed by atoms with E-state index in [0.29, 0.717) is 41.9 Å². The normalized spacial score (nSPS) is 16.9. The van der Waals surface area contributed by atoms with E-state index < -0.39 is 21.7 Å². The summed E-state index contributed by atoms with van der Waals surface area (Å²) in [6.45, 7) is 11.2. The first-order valence-corrected chi connectivity index (χ1v) is 14.3. The van der Waals surface area contributed by atoms with E-state index in [0.717, 1.165) is 6.42 Å². The van der Waals surface area contributed by atoms with Gasteiger partial charge in [-0.3, -0.25) is 4.79 Å². The van der Waals surface area contributed by atoms with E-state index >= 15 is 0 Å². The van der Waals surface area contributed by atoms with Gasteiger partial charge in [-0.15, -0.1) is 0 Å². The number of sulfonamides is 1. The van der Waals surface area contributed by atoms with Crippen molar-refractivity contribution in [3.63, 3.8) is 0 Å². The Kier molecular flexibility index (Phi) is 7.83. The van der Waals surface area contributed by atoms with Crippen LogP contribution < -0.4 is 20.1 Å². The van der Waals surface area contributed by atoms with E-state index in [1.807, 2.05) is 32.6 Å². The zero-order valence-corrected chi connectivity index (χ0v) is 23.5. The molecular formula is C28H34FN5O4S. The number of hydrogen-bond donors (Lipinski definition) is 2. The molecule has 208 valence electrons. The Morgan fingerprint density at radius 2 is 1.95 bits per heavy atom. The summed E-state index contributed by atoms with van der Waals surface area (Å²) in [7, 11) is -4.30. The first kappa shape index (κ1) is 28.3. The second kappa shape index (κ2) is 10.8. The van der Waals surface area contributed by atoms with Crippen LogP contribution in [0, 0.1) is 17.7 Å². The second-order valence-electron chi connectivity index (χ2n) is 11.0. The van der Waals surface area contributed by atoms with E-state index in [2.05, 4.69) is 16.6 Å². The van der Waals surface area contributed by atoms with Crippen molar-refractivity contribution in [3.8, 4) is 17.0 Å². The Labute approximate surface area is 228 Å². The maximum absolute atomic E-state index is 14.5. The van der Waals surface area contributed by atoms with Crippen LogP contribution in [0.1, 0.15) is 51.4 Å². The fraction of sp³-hybridized carbons (Fsp3) is 0.393. The highest BCUT2D eigenvalue weighted by atomic mass is 32.2. The molecule has 1 amide bonds. The summed E-state index contributed by atoms with van der Waals surface area (Å²) in [6, 6.07) is 11.6. The van der Waals surface area contributed by atoms with Crippen LogP contribution in [-0.2, 0) is 10.0 Å². The van der Waals surface area contributed by atoms with Crippen molar-refractivity contribution in [3.05, 3.63) is 59.9 Å². The number of nitrogen functional groups attached to an aromatic ring is 1. The number of ether oxygens (including phenoxy) is 1. The summed E-state index contributed by atoms with van der Waals surface area (Å²) in [5, 5.41) is -0.370. The number of pyridine rings is 2. The molecule has 0 bridgehead atoms. The first-order valence-electron chi connectivity index (χ1n) is 12.8. The molecule has 2 aromatic heterocycles. The standard InChI is InChI=1S/C28H34FN5O4S/c1-17(2)16-38-21-12-19(11-20(29)13-21)23-10-9-22(26(31-23)34-15-18(3)14-28(34,4)5)27(35)33-39(36,37)25-8-6-7-24(30)32-25/h6-13,17-18H,14-16H2,1-5H3,(H2,30,32)(H,33,35)/t18-/m1/s1. The van der Waals surface area contributed by atoms with Crippen LogP contribution in [-0.4, -0.2) is 43.0 Å². The molecule has 0 unspecified atom stereocenters. The molecule has 9 nitrogen and oxygen atoms in total. The zero-order valence-electron chi connectivity index (χ0n) is 22.7. The van der Waals surface area contributed by atoms with Gasteiger partial charge in [-0.1, -0.05) is 26.8 Å². The minimum atomic E-state index is -4.30. The topological polar surface area (TPSA) is 128 Å². The molecule has 0 spiro atoms. The Hall–Kier alpha value is -3.73. The summed E-state index contributed by atoms with van der Waals surface area (Å²) < 4.78 is 48.2. The van der Waals surface area contributed by atoms with Crippen LogP contribution in [0.5, 0.6) is 5.75 Å². The van der Waals surface area contributed by atoms with Gasteiger partial charge in [0.05, 0.1) is 17.9 Å². The van der Waals surface area contributed by atoms with Crippen LogP contribution in [0.3, 0.4) is 0 Å². The van der Waals surface area contributed by atoms with Crippen molar-refractivity contribution in [2.75, 3.05) is 23.8 Å². The second-order valence-corrected chi connectivity index (χ2v) is 12.6. The van der Waals surface area contributed by atoms with Crippen molar-refractivity contribution < 1.29 is 22.3 Å². The highest BCUT2D eigenvalue weighted by Crippen LogP contribution is 2.38. The van der Waals surface area contributed by atoms with Gasteiger partial charge in [0, 0.05) is 23.7 Å². The van der Waals surface area contributed by atoms with E-state index in [9.17, 15) is 17.6 Å². The number of aromatic nitrogens is 2. The Bertz CT molecular complexity index is 1490. The van der Waals surface area contributed by atoms with E-state index in [1.54, 1.807) is 12.1 Å². The molecular weight excluding hydrogens is 521 g/mol. The predicted molar refractivity (Wildman–Crippen MR) is 148 cm³/mol. The smallest absolute Gasteiger partial charge is 0.281 e. The third-order valence-electron chi connectivity index (χ3n) is 6.45. The van der Waals surface area contributed by atoms with Gasteiger partial charge in [0.15, 0.2) is 5.03 Å². The van der Waals surface area contributed by atoms with E-state index in [-0.39, 0.29) is 27.9 Å². The molecule has 3 N–H and O–H groups in total. The lowest BCUT2D eigenvalue weighted by molar-refractivity contribution is 0.0981. The Morgan fingerprint density at radius 1 is 1.21 bits per heavy atom. The largest absolute Gasteiger partial charge is 0.493 e. The fourth-order valence-electron chi connectivity index (χ4n) is 4.82. The summed E-state index contributed by atoms with van der Waals surface area (Å²) >= 11 is 0. The minimum absolute atomic E-state index is 0.0108. The summed E-state index contributed by atoms with van der Waals surface area (Å²) in [5.41, 5.74) is 6.24. The van der Waals surface area contributed by atoms with E-state index in [1.165, 1.54) is 36.4 Å². The molecule has 4 rings (SSSR count). The third-order valence-corrected chi connectivity index (χ3v) is 7.68. The number of anilines is 2. The number of benzene rings is 1.